The van der Waals surface area contributed by atoms with Gasteiger partial charge in [-0.25, -0.2) is 4.98 Å². The Balaban J connectivity index is 1.73. The predicted molar refractivity (Wildman–Crippen MR) is 98.2 cm³/mol. The first-order valence-electron chi connectivity index (χ1n) is 8.28. The lowest BCUT2D eigenvalue weighted by Crippen LogP contribution is -2.44. The fourth-order valence-corrected chi connectivity index (χ4v) is 3.92. The number of anilines is 1. The molecule has 1 aliphatic heterocycles. The van der Waals surface area contributed by atoms with Crippen molar-refractivity contribution in [3.05, 3.63) is 50.3 Å². The Morgan fingerprint density at radius 1 is 1.60 bits per heavy atom. The summed E-state index contributed by atoms with van der Waals surface area (Å²) in [5, 5.41) is 16.3. The maximum atomic E-state index is 10.9. The van der Waals surface area contributed by atoms with Crippen LogP contribution in [0.2, 0.25) is 0 Å². The lowest BCUT2D eigenvalue weighted by molar-refractivity contribution is -0.385. The lowest BCUT2D eigenvalue weighted by atomic mass is 10.1. The summed E-state index contributed by atoms with van der Waals surface area (Å²) in [4.78, 5) is 18.4. The highest BCUT2D eigenvalue weighted by Gasteiger charge is 2.26. The van der Waals surface area contributed by atoms with Crippen LogP contribution < -0.4 is 5.32 Å². The van der Waals surface area contributed by atoms with Crippen LogP contribution in [0.25, 0.3) is 0 Å². The van der Waals surface area contributed by atoms with Crippen molar-refractivity contribution in [2.24, 2.45) is 0 Å². The first-order chi connectivity index (χ1) is 12.0. The van der Waals surface area contributed by atoms with Crippen molar-refractivity contribution < 1.29 is 9.66 Å². The molecule has 0 amide bonds. The molecule has 2 aromatic heterocycles. The average molecular weight is 362 g/mol. The fourth-order valence-electron chi connectivity index (χ4n) is 3.06. The van der Waals surface area contributed by atoms with Crippen LogP contribution in [0, 0.1) is 17.0 Å². The zero-order valence-electron chi connectivity index (χ0n) is 14.3. The molecule has 0 aromatic carbocycles. The molecule has 1 saturated heterocycles. The Bertz CT molecular complexity index is 723. The minimum Gasteiger partial charge on any atom is -0.376 e. The monoisotopic (exact) mass is 362 g/mol. The van der Waals surface area contributed by atoms with Crippen molar-refractivity contribution in [3.63, 3.8) is 0 Å². The highest BCUT2D eigenvalue weighted by Crippen LogP contribution is 2.28. The number of morpholine rings is 1. The van der Waals surface area contributed by atoms with E-state index in [0.717, 1.165) is 19.7 Å². The van der Waals surface area contributed by atoms with Gasteiger partial charge in [0.2, 0.25) is 0 Å². The molecule has 2 aromatic rings. The molecule has 0 radical (unpaired) electrons. The molecule has 1 aliphatic rings. The number of thiophene rings is 1. The Labute approximate surface area is 150 Å². The molecular formula is C17H22N4O3S. The van der Waals surface area contributed by atoms with Gasteiger partial charge >= 0.3 is 0 Å². The first-order valence-corrected chi connectivity index (χ1v) is 9.16. The second-order valence-corrected chi connectivity index (χ2v) is 7.18. The van der Waals surface area contributed by atoms with Crippen LogP contribution in [0.15, 0.2) is 29.8 Å². The Hall–Kier alpha value is -2.03. The molecule has 3 rings (SSSR count). The molecule has 2 unspecified atom stereocenters. The molecule has 0 saturated carbocycles. The van der Waals surface area contributed by atoms with Crippen LogP contribution >= 0.6 is 11.3 Å². The third-order valence-electron chi connectivity index (χ3n) is 4.34. The summed E-state index contributed by atoms with van der Waals surface area (Å²) in [6.07, 6.45) is 1.53. The van der Waals surface area contributed by atoms with Crippen molar-refractivity contribution in [2.45, 2.75) is 26.0 Å². The van der Waals surface area contributed by atoms with Gasteiger partial charge < -0.3 is 10.1 Å². The van der Waals surface area contributed by atoms with Gasteiger partial charge in [0, 0.05) is 30.1 Å². The van der Waals surface area contributed by atoms with Gasteiger partial charge in [-0.3, -0.25) is 15.0 Å². The number of ether oxygens (including phenoxy) is 1. The van der Waals surface area contributed by atoms with Crippen LogP contribution in [0.3, 0.4) is 0 Å². The number of aryl methyl sites for hydroxylation is 1. The number of aromatic nitrogens is 1. The first kappa shape index (κ1) is 17.8. The molecular weight excluding hydrogens is 340 g/mol. The summed E-state index contributed by atoms with van der Waals surface area (Å²) >= 11 is 1.74. The van der Waals surface area contributed by atoms with E-state index in [9.17, 15) is 10.1 Å². The number of nitrogens with zero attached hydrogens (tertiary/aromatic N) is 3. The van der Waals surface area contributed by atoms with E-state index in [4.69, 9.17) is 4.74 Å². The van der Waals surface area contributed by atoms with Gasteiger partial charge in [-0.2, -0.15) is 0 Å². The van der Waals surface area contributed by atoms with E-state index in [1.165, 1.54) is 11.1 Å². The summed E-state index contributed by atoms with van der Waals surface area (Å²) < 4.78 is 5.65. The maximum absolute atomic E-state index is 10.9. The second-order valence-electron chi connectivity index (χ2n) is 6.20. The van der Waals surface area contributed by atoms with Gasteiger partial charge in [0.1, 0.15) is 12.0 Å². The second kappa shape index (κ2) is 7.90. The van der Waals surface area contributed by atoms with Crippen molar-refractivity contribution in [1.29, 1.82) is 0 Å². The van der Waals surface area contributed by atoms with Crippen LogP contribution in [0.4, 0.5) is 11.5 Å². The molecule has 0 bridgehead atoms. The topological polar surface area (TPSA) is 80.5 Å². The fraction of sp³-hybridized carbons (Fsp3) is 0.471. The number of pyridine rings is 1. The van der Waals surface area contributed by atoms with E-state index < -0.39 is 4.92 Å². The molecule has 1 N–H and O–H groups in total. The maximum Gasteiger partial charge on any atom is 0.290 e. The third kappa shape index (κ3) is 4.33. The number of nitrogens with one attached hydrogen (secondary N) is 1. The molecule has 134 valence electrons. The van der Waals surface area contributed by atoms with Crippen LogP contribution in [0.5, 0.6) is 0 Å². The molecule has 3 heterocycles. The third-order valence-corrected chi connectivity index (χ3v) is 5.31. The van der Waals surface area contributed by atoms with Gasteiger partial charge in [-0.1, -0.05) is 6.07 Å². The molecule has 1 fully saturated rings. The largest absolute Gasteiger partial charge is 0.376 e. The number of hydrogen-bond acceptors (Lipinski definition) is 7. The number of hydrogen-bond donors (Lipinski definition) is 1. The number of nitro groups is 1. The molecule has 8 heteroatoms. The smallest absolute Gasteiger partial charge is 0.290 e. The highest BCUT2D eigenvalue weighted by atomic mass is 32.1. The average Bonchev–Trinajstić information content (AvgIpc) is 3.09. The van der Waals surface area contributed by atoms with Crippen molar-refractivity contribution in [2.75, 3.05) is 31.6 Å². The van der Waals surface area contributed by atoms with Crippen LogP contribution in [-0.2, 0) is 4.74 Å². The normalized spacial score (nSPS) is 19.5. The summed E-state index contributed by atoms with van der Waals surface area (Å²) in [7, 11) is 0. The standard InChI is InChI=1S/C17H22N4O3S/c1-12-8-17(18-9-14(12)21(22)23)19-10-15(16-4-3-7-25-16)20-5-6-24-13(2)11-20/h3-4,7-9,13,15H,5-6,10-11H2,1-2H3,(H,18,19). The molecule has 7 nitrogen and oxygen atoms in total. The van der Waals surface area contributed by atoms with Crippen LogP contribution in [-0.4, -0.2) is 47.2 Å². The van der Waals surface area contributed by atoms with Gasteiger partial charge in [0.15, 0.2) is 0 Å². The van der Waals surface area contributed by atoms with E-state index in [-0.39, 0.29) is 17.8 Å². The lowest BCUT2D eigenvalue weighted by Gasteiger charge is -2.37. The van der Waals surface area contributed by atoms with Crippen molar-refractivity contribution >= 4 is 22.8 Å². The van der Waals surface area contributed by atoms with Crippen molar-refractivity contribution in [3.8, 4) is 0 Å². The van der Waals surface area contributed by atoms with E-state index in [2.05, 4.69) is 39.6 Å². The van der Waals surface area contributed by atoms with Crippen molar-refractivity contribution in [1.82, 2.24) is 9.88 Å². The molecule has 0 aliphatic carbocycles. The quantitative estimate of drug-likeness (QED) is 0.628. The summed E-state index contributed by atoms with van der Waals surface area (Å²) in [5.74, 6) is 0.658. The zero-order chi connectivity index (χ0) is 17.8. The number of rotatable bonds is 6. The Morgan fingerprint density at radius 3 is 3.08 bits per heavy atom. The van der Waals surface area contributed by atoms with E-state index in [0.29, 0.717) is 17.9 Å². The predicted octanol–water partition coefficient (Wildman–Crippen LogP) is 3.23. The summed E-state index contributed by atoms with van der Waals surface area (Å²) in [6.45, 7) is 7.02. The van der Waals surface area contributed by atoms with Gasteiger partial charge in [0.05, 0.1) is 23.7 Å². The van der Waals surface area contributed by atoms with E-state index in [1.54, 1.807) is 24.3 Å². The van der Waals surface area contributed by atoms with Gasteiger partial charge in [-0.05, 0) is 31.4 Å². The highest BCUT2D eigenvalue weighted by molar-refractivity contribution is 7.10. The Morgan fingerprint density at radius 2 is 2.44 bits per heavy atom. The van der Waals surface area contributed by atoms with Gasteiger partial charge in [0.25, 0.3) is 5.69 Å². The van der Waals surface area contributed by atoms with E-state index >= 15 is 0 Å². The molecule has 2 atom stereocenters. The SMILES string of the molecule is Cc1cc(NCC(c2cccs2)N2CCOC(C)C2)ncc1[N+](=O)[O-]. The zero-order valence-corrected chi connectivity index (χ0v) is 15.2. The summed E-state index contributed by atoms with van der Waals surface area (Å²) in [6, 6.07) is 6.16. The molecule has 25 heavy (non-hydrogen) atoms. The van der Waals surface area contributed by atoms with Gasteiger partial charge in [-0.15, -0.1) is 11.3 Å². The van der Waals surface area contributed by atoms with Crippen LogP contribution in [0.1, 0.15) is 23.4 Å². The minimum absolute atomic E-state index is 0.0439. The van der Waals surface area contributed by atoms with E-state index in [1.807, 2.05) is 0 Å². The minimum atomic E-state index is -0.407. The Kier molecular flexibility index (Phi) is 5.62. The summed E-state index contributed by atoms with van der Waals surface area (Å²) in [5.41, 5.74) is 0.650. The molecule has 0 spiro atoms.